The summed E-state index contributed by atoms with van der Waals surface area (Å²) in [6.45, 7) is 0. The van der Waals surface area contributed by atoms with Gasteiger partial charge < -0.3 is 0 Å². The molecule has 1 heterocycles. The van der Waals surface area contributed by atoms with Crippen LogP contribution in [0.1, 0.15) is 5.56 Å². The van der Waals surface area contributed by atoms with Crippen molar-refractivity contribution in [1.29, 1.82) is 0 Å². The molecule has 0 amide bonds. The van der Waals surface area contributed by atoms with Crippen molar-refractivity contribution in [2.24, 2.45) is 0 Å². The van der Waals surface area contributed by atoms with Crippen molar-refractivity contribution in [2.75, 3.05) is 0 Å². The fourth-order valence-corrected chi connectivity index (χ4v) is 1.33. The maximum atomic E-state index is 10.1. The molecule has 4 nitrogen and oxygen atoms in total. The number of hydrogen-bond acceptors (Lipinski definition) is 3. The van der Waals surface area contributed by atoms with Gasteiger partial charge in [0.1, 0.15) is 0 Å². The highest BCUT2D eigenvalue weighted by atomic mass is 16.6. The van der Waals surface area contributed by atoms with E-state index in [9.17, 15) is 10.1 Å². The van der Waals surface area contributed by atoms with Crippen LogP contribution in [0.4, 0.5) is 0 Å². The van der Waals surface area contributed by atoms with Gasteiger partial charge in [0.25, 0.3) is 0 Å². The summed E-state index contributed by atoms with van der Waals surface area (Å²) in [7, 11) is 0. The third-order valence-electron chi connectivity index (χ3n) is 2.02. The SMILES string of the molecule is O=[N+]([O-])C=Cc1ccc2cccnc2c1. The van der Waals surface area contributed by atoms with E-state index in [-0.39, 0.29) is 0 Å². The lowest BCUT2D eigenvalue weighted by Crippen LogP contribution is -1.83. The van der Waals surface area contributed by atoms with E-state index in [0.717, 1.165) is 22.7 Å². The quantitative estimate of drug-likeness (QED) is 0.552. The maximum absolute atomic E-state index is 10.1. The number of pyridine rings is 1. The van der Waals surface area contributed by atoms with Crippen LogP contribution in [-0.4, -0.2) is 9.91 Å². The fourth-order valence-electron chi connectivity index (χ4n) is 1.33. The number of nitrogens with zero attached hydrogens (tertiary/aromatic N) is 2. The minimum Gasteiger partial charge on any atom is -0.259 e. The van der Waals surface area contributed by atoms with Gasteiger partial charge in [0.2, 0.25) is 6.20 Å². The largest absolute Gasteiger partial charge is 0.259 e. The monoisotopic (exact) mass is 200 g/mol. The molecule has 74 valence electrons. The minimum absolute atomic E-state index is 0.484. The number of hydrogen-bond donors (Lipinski definition) is 0. The zero-order valence-electron chi connectivity index (χ0n) is 7.83. The minimum atomic E-state index is -0.484. The van der Waals surface area contributed by atoms with Gasteiger partial charge in [-0.2, -0.15) is 0 Å². The van der Waals surface area contributed by atoms with Crippen molar-refractivity contribution in [2.45, 2.75) is 0 Å². The molecule has 0 fully saturated rings. The van der Waals surface area contributed by atoms with Gasteiger partial charge in [0.05, 0.1) is 10.4 Å². The van der Waals surface area contributed by atoms with E-state index < -0.39 is 4.92 Å². The number of aromatic nitrogens is 1. The average molecular weight is 200 g/mol. The van der Waals surface area contributed by atoms with Crippen LogP contribution in [-0.2, 0) is 0 Å². The molecule has 0 aliphatic heterocycles. The Morgan fingerprint density at radius 1 is 1.33 bits per heavy atom. The molecule has 4 heteroatoms. The first kappa shape index (κ1) is 9.33. The summed E-state index contributed by atoms with van der Waals surface area (Å²) >= 11 is 0. The Morgan fingerprint density at radius 2 is 2.20 bits per heavy atom. The highest BCUT2D eigenvalue weighted by Crippen LogP contribution is 2.13. The summed E-state index contributed by atoms with van der Waals surface area (Å²) < 4.78 is 0. The summed E-state index contributed by atoms with van der Waals surface area (Å²) in [5, 5.41) is 11.2. The molecule has 0 saturated carbocycles. The standard InChI is InChI=1S/C11H8N2O2/c14-13(15)7-5-9-3-4-10-2-1-6-12-11(10)8-9/h1-8H. The Labute approximate surface area is 86.0 Å². The van der Waals surface area contributed by atoms with Gasteiger partial charge in [0.15, 0.2) is 0 Å². The molecule has 0 saturated heterocycles. The van der Waals surface area contributed by atoms with Crippen LogP contribution in [0.2, 0.25) is 0 Å². The topological polar surface area (TPSA) is 56.0 Å². The molecule has 0 unspecified atom stereocenters. The van der Waals surface area contributed by atoms with Gasteiger partial charge in [-0.15, -0.1) is 0 Å². The molecule has 0 aliphatic rings. The predicted molar refractivity (Wildman–Crippen MR) is 57.8 cm³/mol. The normalized spacial score (nSPS) is 10.9. The first-order chi connectivity index (χ1) is 7.25. The second kappa shape index (κ2) is 3.88. The van der Waals surface area contributed by atoms with Gasteiger partial charge in [-0.25, -0.2) is 0 Å². The van der Waals surface area contributed by atoms with E-state index in [2.05, 4.69) is 4.98 Å². The molecule has 0 radical (unpaired) electrons. The fraction of sp³-hybridized carbons (Fsp3) is 0. The van der Waals surface area contributed by atoms with Crippen LogP contribution < -0.4 is 0 Å². The third kappa shape index (κ3) is 2.17. The summed E-state index contributed by atoms with van der Waals surface area (Å²) in [4.78, 5) is 13.8. The molecule has 1 aromatic heterocycles. The van der Waals surface area contributed by atoms with Crippen LogP contribution in [0.5, 0.6) is 0 Å². The number of fused-ring (bicyclic) bond motifs is 1. The summed E-state index contributed by atoms with van der Waals surface area (Å²) in [6.07, 6.45) is 4.07. The molecule has 2 aromatic rings. The second-order valence-corrected chi connectivity index (χ2v) is 3.06. The van der Waals surface area contributed by atoms with Crippen LogP contribution in [0.25, 0.3) is 17.0 Å². The van der Waals surface area contributed by atoms with E-state index in [1.54, 1.807) is 6.20 Å². The molecule has 2 rings (SSSR count). The number of rotatable bonds is 2. The molecular weight excluding hydrogens is 192 g/mol. The summed E-state index contributed by atoms with van der Waals surface area (Å²) in [5.41, 5.74) is 1.61. The highest BCUT2D eigenvalue weighted by Gasteiger charge is 1.95. The third-order valence-corrected chi connectivity index (χ3v) is 2.02. The van der Waals surface area contributed by atoms with Crippen molar-refractivity contribution >= 4 is 17.0 Å². The average Bonchev–Trinajstić information content (AvgIpc) is 2.26. The molecule has 0 atom stereocenters. The Morgan fingerprint density at radius 3 is 3.00 bits per heavy atom. The number of benzene rings is 1. The smallest absolute Gasteiger partial charge is 0.235 e. The summed E-state index contributed by atoms with van der Waals surface area (Å²) in [6, 6.07) is 9.33. The number of nitro groups is 1. The van der Waals surface area contributed by atoms with E-state index in [0.29, 0.717) is 0 Å². The molecular formula is C11H8N2O2. The molecule has 0 spiro atoms. The zero-order chi connectivity index (χ0) is 10.7. The molecule has 0 bridgehead atoms. The van der Waals surface area contributed by atoms with Gasteiger partial charge in [-0.05, 0) is 17.7 Å². The Kier molecular flexibility index (Phi) is 2.41. The van der Waals surface area contributed by atoms with E-state index in [1.807, 2.05) is 30.3 Å². The lowest BCUT2D eigenvalue weighted by molar-refractivity contribution is -0.400. The van der Waals surface area contributed by atoms with Crippen molar-refractivity contribution < 1.29 is 4.92 Å². The zero-order valence-corrected chi connectivity index (χ0v) is 7.83. The highest BCUT2D eigenvalue weighted by molar-refractivity contribution is 5.80. The van der Waals surface area contributed by atoms with Crippen molar-refractivity contribution in [3.63, 3.8) is 0 Å². The van der Waals surface area contributed by atoms with Crippen LogP contribution in [0.15, 0.2) is 42.7 Å². The van der Waals surface area contributed by atoms with Crippen molar-refractivity contribution in [1.82, 2.24) is 4.98 Å². The second-order valence-electron chi connectivity index (χ2n) is 3.06. The van der Waals surface area contributed by atoms with Gasteiger partial charge in [-0.1, -0.05) is 18.2 Å². The maximum Gasteiger partial charge on any atom is 0.235 e. The van der Waals surface area contributed by atoms with Crippen molar-refractivity contribution in [3.05, 3.63) is 58.4 Å². The molecule has 1 aromatic carbocycles. The first-order valence-electron chi connectivity index (χ1n) is 4.42. The van der Waals surface area contributed by atoms with Crippen LogP contribution >= 0.6 is 0 Å². The Bertz CT molecular complexity index is 535. The van der Waals surface area contributed by atoms with Crippen LogP contribution in [0.3, 0.4) is 0 Å². The van der Waals surface area contributed by atoms with Gasteiger partial charge >= 0.3 is 0 Å². The lowest BCUT2D eigenvalue weighted by Gasteiger charge is -1.96. The Hall–Kier alpha value is -2.23. The molecule has 0 N–H and O–H groups in total. The van der Waals surface area contributed by atoms with E-state index in [4.69, 9.17) is 0 Å². The van der Waals surface area contributed by atoms with Crippen LogP contribution in [0, 0.1) is 10.1 Å². The van der Waals surface area contributed by atoms with Gasteiger partial charge in [-0.3, -0.25) is 15.1 Å². The summed E-state index contributed by atoms with van der Waals surface area (Å²) in [5.74, 6) is 0. The van der Waals surface area contributed by atoms with E-state index in [1.165, 1.54) is 6.08 Å². The lowest BCUT2D eigenvalue weighted by atomic mass is 10.1. The van der Waals surface area contributed by atoms with Gasteiger partial charge in [0, 0.05) is 17.7 Å². The molecule has 15 heavy (non-hydrogen) atoms. The predicted octanol–water partition coefficient (Wildman–Crippen LogP) is 2.48. The first-order valence-corrected chi connectivity index (χ1v) is 4.42. The molecule has 0 aliphatic carbocycles. The Balaban J connectivity index is 2.43. The van der Waals surface area contributed by atoms with E-state index >= 15 is 0 Å². The van der Waals surface area contributed by atoms with Crippen molar-refractivity contribution in [3.8, 4) is 0 Å².